The first-order valence-corrected chi connectivity index (χ1v) is 8.09. The second kappa shape index (κ2) is 8.06. The van der Waals surface area contributed by atoms with Crippen molar-refractivity contribution in [3.8, 4) is 0 Å². The number of thioether (sulfide) groups is 1. The normalized spacial score (nSPS) is 15.8. The van der Waals surface area contributed by atoms with E-state index in [4.69, 9.17) is 0 Å². The number of nitrogens with zero attached hydrogens (tertiary/aromatic N) is 3. The Hall–Kier alpha value is -1.34. The Kier molecular flexibility index (Phi) is 6.07. The molecule has 0 spiro atoms. The predicted octanol–water partition coefficient (Wildman–Crippen LogP) is 0.687. The molecule has 1 aliphatic rings. The van der Waals surface area contributed by atoms with E-state index in [2.05, 4.69) is 25.5 Å². The maximum Gasteiger partial charge on any atom is 0.271 e. The quantitative estimate of drug-likeness (QED) is 0.804. The second-order valence-electron chi connectivity index (χ2n) is 4.53. The van der Waals surface area contributed by atoms with E-state index in [1.807, 2.05) is 18.7 Å². The Morgan fingerprint density at radius 1 is 1.35 bits per heavy atom. The van der Waals surface area contributed by atoms with Crippen LogP contribution in [0.4, 0.5) is 5.82 Å². The van der Waals surface area contributed by atoms with Crippen molar-refractivity contribution in [3.63, 3.8) is 0 Å². The molecule has 2 heterocycles. The zero-order chi connectivity index (χ0) is 14.2. The smallest absolute Gasteiger partial charge is 0.271 e. The largest absolute Gasteiger partial charge is 0.369 e. The van der Waals surface area contributed by atoms with Crippen molar-refractivity contribution in [1.29, 1.82) is 0 Å². The van der Waals surface area contributed by atoms with E-state index in [9.17, 15) is 4.79 Å². The van der Waals surface area contributed by atoms with E-state index in [-0.39, 0.29) is 5.91 Å². The molecule has 1 aliphatic heterocycles. The molecule has 2 rings (SSSR count). The number of hydrogen-bond donors (Lipinski definition) is 2. The highest BCUT2D eigenvalue weighted by Crippen LogP contribution is 2.08. The molecule has 7 heteroatoms. The maximum atomic E-state index is 11.9. The monoisotopic (exact) mass is 295 g/mol. The van der Waals surface area contributed by atoms with Crippen molar-refractivity contribution in [2.45, 2.75) is 6.92 Å². The summed E-state index contributed by atoms with van der Waals surface area (Å²) in [4.78, 5) is 22.5. The molecule has 0 atom stereocenters. The summed E-state index contributed by atoms with van der Waals surface area (Å²) in [7, 11) is 0. The van der Waals surface area contributed by atoms with Gasteiger partial charge in [0.2, 0.25) is 0 Å². The first kappa shape index (κ1) is 15.1. The summed E-state index contributed by atoms with van der Waals surface area (Å²) in [6.45, 7) is 6.54. The molecular formula is C13H21N5OS. The van der Waals surface area contributed by atoms with Crippen LogP contribution in [0.2, 0.25) is 0 Å². The minimum absolute atomic E-state index is 0.160. The van der Waals surface area contributed by atoms with Gasteiger partial charge in [-0.3, -0.25) is 9.69 Å². The molecule has 0 aromatic carbocycles. The third-order valence-corrected chi connectivity index (χ3v) is 4.00. The zero-order valence-corrected chi connectivity index (χ0v) is 12.6. The van der Waals surface area contributed by atoms with Crippen LogP contribution in [-0.4, -0.2) is 65.0 Å². The van der Waals surface area contributed by atoms with Crippen LogP contribution in [0.3, 0.4) is 0 Å². The van der Waals surface area contributed by atoms with Gasteiger partial charge in [-0.2, -0.15) is 11.8 Å². The summed E-state index contributed by atoms with van der Waals surface area (Å²) in [6, 6.07) is 0. The van der Waals surface area contributed by atoms with Gasteiger partial charge >= 0.3 is 0 Å². The first-order valence-electron chi connectivity index (χ1n) is 6.94. The van der Waals surface area contributed by atoms with Crippen LogP contribution < -0.4 is 10.6 Å². The van der Waals surface area contributed by atoms with E-state index in [1.165, 1.54) is 17.7 Å². The van der Waals surface area contributed by atoms with Gasteiger partial charge in [0.1, 0.15) is 11.5 Å². The predicted molar refractivity (Wildman–Crippen MR) is 82.3 cm³/mol. The topological polar surface area (TPSA) is 70.2 Å². The van der Waals surface area contributed by atoms with Gasteiger partial charge in [0, 0.05) is 44.2 Å². The van der Waals surface area contributed by atoms with Crippen LogP contribution >= 0.6 is 11.8 Å². The fraction of sp³-hybridized carbons (Fsp3) is 0.615. The van der Waals surface area contributed by atoms with Crippen LogP contribution in [-0.2, 0) is 0 Å². The van der Waals surface area contributed by atoms with Gasteiger partial charge in [-0.05, 0) is 6.92 Å². The van der Waals surface area contributed by atoms with E-state index in [0.717, 1.165) is 26.2 Å². The highest BCUT2D eigenvalue weighted by molar-refractivity contribution is 7.99. The lowest BCUT2D eigenvalue weighted by atomic mass is 10.4. The summed E-state index contributed by atoms with van der Waals surface area (Å²) in [6.07, 6.45) is 3.09. The van der Waals surface area contributed by atoms with E-state index in [0.29, 0.717) is 18.1 Å². The average Bonchev–Trinajstić information content (AvgIpc) is 2.49. The van der Waals surface area contributed by atoms with E-state index < -0.39 is 0 Å². The van der Waals surface area contributed by atoms with Crippen LogP contribution in [0.25, 0.3) is 0 Å². The molecule has 0 saturated carbocycles. The molecule has 1 saturated heterocycles. The van der Waals surface area contributed by atoms with Gasteiger partial charge in [0.25, 0.3) is 5.91 Å². The molecule has 0 radical (unpaired) electrons. The minimum Gasteiger partial charge on any atom is -0.369 e. The highest BCUT2D eigenvalue weighted by Gasteiger charge is 2.11. The van der Waals surface area contributed by atoms with Crippen LogP contribution in [0, 0.1) is 0 Å². The van der Waals surface area contributed by atoms with Crippen LogP contribution in [0.1, 0.15) is 17.4 Å². The molecule has 2 N–H and O–H groups in total. The fourth-order valence-corrected chi connectivity index (χ4v) is 2.94. The summed E-state index contributed by atoms with van der Waals surface area (Å²) in [5.41, 5.74) is 0.362. The Balaban J connectivity index is 1.73. The Morgan fingerprint density at radius 3 is 2.80 bits per heavy atom. The lowest BCUT2D eigenvalue weighted by molar-refractivity contribution is 0.0943. The van der Waals surface area contributed by atoms with Crippen molar-refractivity contribution < 1.29 is 4.79 Å². The van der Waals surface area contributed by atoms with Crippen LogP contribution in [0.5, 0.6) is 0 Å². The van der Waals surface area contributed by atoms with Crippen molar-refractivity contribution in [2.75, 3.05) is 49.5 Å². The molecule has 0 bridgehead atoms. The number of rotatable bonds is 6. The molecule has 0 unspecified atom stereocenters. The molecule has 1 aromatic rings. The Bertz CT molecular complexity index is 419. The minimum atomic E-state index is -0.160. The lowest BCUT2D eigenvalue weighted by Gasteiger charge is -2.25. The number of carbonyl (C=O) groups is 1. The molecule has 1 aromatic heterocycles. The highest BCUT2D eigenvalue weighted by atomic mass is 32.2. The third kappa shape index (κ3) is 4.64. The SMILES string of the molecule is CCNc1cnc(C(=O)NCCN2CCSCC2)cn1. The third-order valence-electron chi connectivity index (χ3n) is 3.06. The van der Waals surface area contributed by atoms with Crippen molar-refractivity contribution in [1.82, 2.24) is 20.2 Å². The molecule has 20 heavy (non-hydrogen) atoms. The van der Waals surface area contributed by atoms with Crippen molar-refractivity contribution >= 4 is 23.5 Å². The number of aromatic nitrogens is 2. The number of carbonyl (C=O) groups excluding carboxylic acids is 1. The summed E-state index contributed by atoms with van der Waals surface area (Å²) in [5, 5.41) is 5.93. The average molecular weight is 295 g/mol. The molecule has 6 nitrogen and oxygen atoms in total. The first-order chi connectivity index (χ1) is 9.79. The molecule has 1 fully saturated rings. The lowest BCUT2D eigenvalue weighted by Crippen LogP contribution is -2.39. The van der Waals surface area contributed by atoms with Gasteiger partial charge in [-0.15, -0.1) is 0 Å². The fourth-order valence-electron chi connectivity index (χ4n) is 1.96. The molecule has 110 valence electrons. The summed E-state index contributed by atoms with van der Waals surface area (Å²) >= 11 is 1.99. The maximum absolute atomic E-state index is 11.9. The number of anilines is 1. The molecule has 1 amide bonds. The molecular weight excluding hydrogens is 274 g/mol. The van der Waals surface area contributed by atoms with Gasteiger partial charge in [-0.25, -0.2) is 9.97 Å². The second-order valence-corrected chi connectivity index (χ2v) is 5.75. The van der Waals surface area contributed by atoms with E-state index in [1.54, 1.807) is 6.20 Å². The van der Waals surface area contributed by atoms with Gasteiger partial charge in [-0.1, -0.05) is 0 Å². The van der Waals surface area contributed by atoms with Crippen molar-refractivity contribution in [3.05, 3.63) is 18.1 Å². The zero-order valence-electron chi connectivity index (χ0n) is 11.8. The number of amides is 1. The van der Waals surface area contributed by atoms with Gasteiger partial charge < -0.3 is 10.6 Å². The van der Waals surface area contributed by atoms with Crippen molar-refractivity contribution in [2.24, 2.45) is 0 Å². The standard InChI is InChI=1S/C13H21N5OS/c1-2-14-12-10-16-11(9-17-12)13(19)15-3-4-18-5-7-20-8-6-18/h9-10H,2-8H2,1H3,(H,14,17)(H,15,19). The van der Waals surface area contributed by atoms with E-state index >= 15 is 0 Å². The summed E-state index contributed by atoms with van der Waals surface area (Å²) < 4.78 is 0. The summed E-state index contributed by atoms with van der Waals surface area (Å²) in [5.74, 6) is 2.90. The Labute approximate surface area is 123 Å². The van der Waals surface area contributed by atoms with Crippen LogP contribution in [0.15, 0.2) is 12.4 Å². The Morgan fingerprint density at radius 2 is 2.15 bits per heavy atom. The molecule has 0 aliphatic carbocycles. The number of hydrogen-bond acceptors (Lipinski definition) is 6. The van der Waals surface area contributed by atoms with Gasteiger partial charge in [0.15, 0.2) is 0 Å². The number of nitrogens with one attached hydrogen (secondary N) is 2. The van der Waals surface area contributed by atoms with Gasteiger partial charge in [0.05, 0.1) is 12.4 Å².